The lowest BCUT2D eigenvalue weighted by atomic mass is 10.1. The van der Waals surface area contributed by atoms with Crippen LogP contribution in [0.5, 0.6) is 0 Å². The molecule has 0 aliphatic carbocycles. The zero-order valence-corrected chi connectivity index (χ0v) is 17.2. The number of aromatic nitrogens is 1. The molecule has 1 aliphatic heterocycles. The number of nitrogens with zero attached hydrogens (tertiary/aromatic N) is 3. The van der Waals surface area contributed by atoms with E-state index >= 15 is 0 Å². The van der Waals surface area contributed by atoms with Crippen LogP contribution < -0.4 is 5.32 Å². The first-order valence-electron chi connectivity index (χ1n) is 8.79. The fourth-order valence-electron chi connectivity index (χ4n) is 3.28. The van der Waals surface area contributed by atoms with Gasteiger partial charge >= 0.3 is 6.03 Å². The third kappa shape index (κ3) is 2.94. The number of carbonyl (C=O) groups is 3. The van der Waals surface area contributed by atoms with Crippen molar-refractivity contribution in [3.05, 3.63) is 44.6 Å². The summed E-state index contributed by atoms with van der Waals surface area (Å²) in [5.74, 6) is -1.31. The van der Waals surface area contributed by atoms with Gasteiger partial charge in [0.05, 0.1) is 5.56 Å². The first-order chi connectivity index (χ1) is 13.2. The molecule has 144 valence electrons. The molecular formula is C20H20N4O3S. The summed E-state index contributed by atoms with van der Waals surface area (Å²) in [6.45, 7) is 9.52. The number of carbonyl (C=O) groups excluding carboxylic acids is 3. The molecule has 0 saturated carbocycles. The van der Waals surface area contributed by atoms with Crippen molar-refractivity contribution in [2.24, 2.45) is 0 Å². The van der Waals surface area contributed by atoms with Crippen LogP contribution in [0.3, 0.4) is 0 Å². The second-order valence-corrected chi connectivity index (χ2v) is 7.81. The Morgan fingerprint density at radius 3 is 2.50 bits per heavy atom. The second-order valence-electron chi connectivity index (χ2n) is 6.60. The van der Waals surface area contributed by atoms with Gasteiger partial charge in [0.25, 0.3) is 11.8 Å². The average Bonchev–Trinajstić information content (AvgIpc) is 3.07. The Morgan fingerprint density at radius 1 is 1.21 bits per heavy atom. The molecule has 1 N–H and O–H groups in total. The van der Waals surface area contributed by atoms with Gasteiger partial charge in [0.15, 0.2) is 0 Å². The Morgan fingerprint density at radius 2 is 1.89 bits per heavy atom. The van der Waals surface area contributed by atoms with Gasteiger partial charge in [0.2, 0.25) is 0 Å². The van der Waals surface area contributed by atoms with Crippen LogP contribution in [0.4, 0.5) is 4.79 Å². The summed E-state index contributed by atoms with van der Waals surface area (Å²) in [6, 6.07) is 3.43. The topological polar surface area (TPSA) is 95.2 Å². The molecule has 1 aliphatic rings. The molecule has 4 amide bonds. The molecule has 0 unspecified atom stereocenters. The van der Waals surface area contributed by atoms with E-state index in [1.165, 1.54) is 17.4 Å². The molecule has 1 fully saturated rings. The molecule has 7 nitrogen and oxygen atoms in total. The minimum absolute atomic E-state index is 0.0826. The number of rotatable bonds is 3. The summed E-state index contributed by atoms with van der Waals surface area (Å²) >= 11 is 1.53. The number of barbiturate groups is 1. The summed E-state index contributed by atoms with van der Waals surface area (Å²) in [6.07, 6.45) is 1.50. The highest BCUT2D eigenvalue weighted by Gasteiger charge is 2.34. The monoisotopic (exact) mass is 396 g/mol. The first kappa shape index (κ1) is 19.6. The van der Waals surface area contributed by atoms with Crippen molar-refractivity contribution in [2.75, 3.05) is 6.54 Å². The molecule has 28 heavy (non-hydrogen) atoms. The van der Waals surface area contributed by atoms with Crippen molar-refractivity contribution in [1.29, 1.82) is 5.26 Å². The molecule has 0 radical (unpaired) electrons. The van der Waals surface area contributed by atoms with E-state index in [4.69, 9.17) is 0 Å². The fourth-order valence-corrected chi connectivity index (χ4v) is 4.50. The summed E-state index contributed by atoms with van der Waals surface area (Å²) in [5.41, 5.74) is 3.87. The molecule has 8 heteroatoms. The summed E-state index contributed by atoms with van der Waals surface area (Å²) in [7, 11) is 0. The summed E-state index contributed by atoms with van der Waals surface area (Å²) < 4.78 is 1.96. The quantitative estimate of drug-likeness (QED) is 0.637. The maximum Gasteiger partial charge on any atom is 0.331 e. The highest BCUT2D eigenvalue weighted by molar-refractivity contribution is 7.14. The number of amides is 4. The number of thiophene rings is 1. The zero-order chi connectivity index (χ0) is 20.7. The SMILES string of the molecule is CCN1C(=O)NC(=O)C(=Cc2cc(C)n(-c3sc(C)c(C)c3C#N)c2C)C1=O. The van der Waals surface area contributed by atoms with Crippen molar-refractivity contribution in [2.45, 2.75) is 34.6 Å². The van der Waals surface area contributed by atoms with E-state index in [-0.39, 0.29) is 12.1 Å². The largest absolute Gasteiger partial charge is 0.331 e. The number of hydrogen-bond donors (Lipinski definition) is 1. The molecule has 3 rings (SSSR count). The van der Waals surface area contributed by atoms with Crippen LogP contribution in [-0.4, -0.2) is 33.9 Å². The van der Waals surface area contributed by atoms with Gasteiger partial charge in [-0.25, -0.2) is 4.79 Å². The van der Waals surface area contributed by atoms with E-state index in [0.717, 1.165) is 31.7 Å². The van der Waals surface area contributed by atoms with Crippen molar-refractivity contribution < 1.29 is 14.4 Å². The first-order valence-corrected chi connectivity index (χ1v) is 9.61. The predicted molar refractivity (Wildman–Crippen MR) is 106 cm³/mol. The van der Waals surface area contributed by atoms with Gasteiger partial charge in [-0.1, -0.05) is 0 Å². The van der Waals surface area contributed by atoms with Crippen molar-refractivity contribution in [1.82, 2.24) is 14.8 Å². The summed E-state index contributed by atoms with van der Waals surface area (Å²) in [4.78, 5) is 38.6. The maximum absolute atomic E-state index is 12.5. The van der Waals surface area contributed by atoms with Gasteiger partial charge < -0.3 is 4.57 Å². The third-order valence-electron chi connectivity index (χ3n) is 4.95. The van der Waals surface area contributed by atoms with Gasteiger partial charge in [0, 0.05) is 22.8 Å². The second kappa shape index (κ2) is 7.09. The van der Waals surface area contributed by atoms with Crippen LogP contribution in [0.1, 0.15) is 39.9 Å². The van der Waals surface area contributed by atoms with Crippen LogP contribution in [0.15, 0.2) is 11.6 Å². The van der Waals surface area contributed by atoms with Crippen LogP contribution in [0, 0.1) is 39.0 Å². The van der Waals surface area contributed by atoms with Gasteiger partial charge in [-0.15, -0.1) is 11.3 Å². The van der Waals surface area contributed by atoms with Crippen molar-refractivity contribution in [3.8, 4) is 11.1 Å². The molecule has 2 aromatic heterocycles. The van der Waals surface area contributed by atoms with E-state index in [9.17, 15) is 19.6 Å². The van der Waals surface area contributed by atoms with Crippen LogP contribution in [0.25, 0.3) is 11.1 Å². The molecule has 0 aromatic carbocycles. The Kier molecular flexibility index (Phi) is 4.96. The van der Waals surface area contributed by atoms with E-state index in [2.05, 4.69) is 11.4 Å². The number of urea groups is 1. The van der Waals surface area contributed by atoms with Crippen LogP contribution in [0.2, 0.25) is 0 Å². The molecule has 0 atom stereocenters. The molecule has 0 bridgehead atoms. The lowest BCUT2D eigenvalue weighted by molar-refractivity contribution is -0.129. The minimum Gasteiger partial charge on any atom is -0.308 e. The van der Waals surface area contributed by atoms with E-state index < -0.39 is 17.8 Å². The predicted octanol–water partition coefficient (Wildman–Crippen LogP) is 3.13. The Labute approximate surface area is 166 Å². The lowest BCUT2D eigenvalue weighted by Gasteiger charge is -2.24. The Balaban J connectivity index is 2.13. The number of hydrogen-bond acceptors (Lipinski definition) is 5. The number of nitrogens with one attached hydrogen (secondary N) is 1. The molecule has 2 aromatic rings. The zero-order valence-electron chi connectivity index (χ0n) is 16.3. The normalized spacial score (nSPS) is 15.9. The smallest absolute Gasteiger partial charge is 0.308 e. The van der Waals surface area contributed by atoms with E-state index in [0.29, 0.717) is 11.1 Å². The number of aryl methyl sites for hydroxylation is 2. The third-order valence-corrected chi connectivity index (χ3v) is 6.15. The molecule has 0 spiro atoms. The molecule has 3 heterocycles. The Hall–Kier alpha value is -3.18. The Bertz CT molecular complexity index is 1100. The van der Waals surface area contributed by atoms with Gasteiger partial charge in [-0.2, -0.15) is 5.26 Å². The lowest BCUT2D eigenvalue weighted by Crippen LogP contribution is -2.53. The van der Waals surface area contributed by atoms with Gasteiger partial charge in [-0.05, 0) is 57.9 Å². The van der Waals surface area contributed by atoms with Gasteiger partial charge in [-0.3, -0.25) is 19.8 Å². The fraction of sp³-hybridized carbons (Fsp3) is 0.300. The van der Waals surface area contributed by atoms with Gasteiger partial charge in [0.1, 0.15) is 16.6 Å². The minimum atomic E-state index is -0.705. The van der Waals surface area contributed by atoms with Crippen molar-refractivity contribution >= 4 is 35.3 Å². The van der Waals surface area contributed by atoms with Crippen LogP contribution >= 0.6 is 11.3 Å². The highest BCUT2D eigenvalue weighted by Crippen LogP contribution is 2.34. The molecular weight excluding hydrogens is 376 g/mol. The highest BCUT2D eigenvalue weighted by atomic mass is 32.1. The summed E-state index contributed by atoms with van der Waals surface area (Å²) in [5, 5.41) is 12.6. The van der Waals surface area contributed by atoms with Crippen LogP contribution in [-0.2, 0) is 9.59 Å². The number of imide groups is 2. The number of likely N-dealkylation sites (N-methyl/N-ethyl adjacent to an activating group) is 1. The van der Waals surface area contributed by atoms with E-state index in [1.54, 1.807) is 6.92 Å². The average molecular weight is 396 g/mol. The number of nitriles is 1. The molecule has 1 saturated heterocycles. The van der Waals surface area contributed by atoms with E-state index in [1.807, 2.05) is 38.3 Å². The maximum atomic E-state index is 12.5. The van der Waals surface area contributed by atoms with Crippen molar-refractivity contribution in [3.63, 3.8) is 0 Å². The standard InChI is InChI=1S/C20H20N4O3S/c1-6-23-18(26)15(17(25)22-20(23)27)8-14-7-10(2)24(12(14)4)19-16(9-21)11(3)13(5)28-19/h7-8H,6H2,1-5H3,(H,22,25,27).